The monoisotopic (exact) mass is 273 g/mol. The zero-order valence-corrected chi connectivity index (χ0v) is 11.4. The van der Waals surface area contributed by atoms with Gasteiger partial charge in [-0.1, -0.05) is 17.7 Å². The Bertz CT molecular complexity index is 647. The van der Waals surface area contributed by atoms with Crippen molar-refractivity contribution < 1.29 is 9.47 Å². The number of ether oxygens (including phenoxy) is 2. The van der Waals surface area contributed by atoms with E-state index in [1.807, 2.05) is 31.2 Å². The van der Waals surface area contributed by atoms with Crippen LogP contribution < -0.4 is 9.47 Å². The summed E-state index contributed by atoms with van der Waals surface area (Å²) in [5, 5.41) is 9.18. The summed E-state index contributed by atoms with van der Waals surface area (Å²) >= 11 is 6.07. The van der Waals surface area contributed by atoms with E-state index in [0.717, 1.165) is 5.56 Å². The molecular weight excluding hydrogens is 262 g/mol. The molecule has 0 radical (unpaired) electrons. The van der Waals surface area contributed by atoms with Crippen LogP contribution in [0.5, 0.6) is 17.2 Å². The molecule has 0 unspecified atom stereocenters. The first-order valence-electron chi connectivity index (χ1n) is 5.66. The van der Waals surface area contributed by atoms with Crippen molar-refractivity contribution in [2.45, 2.75) is 6.92 Å². The Balaban J connectivity index is 2.34. The highest BCUT2D eigenvalue weighted by atomic mass is 35.5. The Morgan fingerprint density at radius 3 is 2.42 bits per heavy atom. The summed E-state index contributed by atoms with van der Waals surface area (Å²) in [4.78, 5) is 0. The predicted octanol–water partition coefficient (Wildman–Crippen LogP) is 4.32. The molecule has 0 aliphatic rings. The molecule has 0 aliphatic carbocycles. The Morgan fingerprint density at radius 1 is 1.05 bits per heavy atom. The Labute approximate surface area is 117 Å². The van der Waals surface area contributed by atoms with E-state index in [-0.39, 0.29) is 0 Å². The average molecular weight is 274 g/mol. The minimum absolute atomic E-state index is 0.390. The number of rotatable bonds is 3. The second kappa shape index (κ2) is 5.64. The van der Waals surface area contributed by atoms with Crippen LogP contribution in [0.2, 0.25) is 5.02 Å². The highest BCUT2D eigenvalue weighted by Crippen LogP contribution is 2.35. The zero-order valence-electron chi connectivity index (χ0n) is 10.6. The van der Waals surface area contributed by atoms with Crippen molar-refractivity contribution in [3.8, 4) is 23.3 Å². The Hall–Kier alpha value is -2.18. The van der Waals surface area contributed by atoms with Gasteiger partial charge in [0.2, 0.25) is 0 Å². The molecule has 0 spiro atoms. The van der Waals surface area contributed by atoms with E-state index in [1.165, 1.54) is 0 Å². The summed E-state index contributed by atoms with van der Waals surface area (Å²) < 4.78 is 11.0. The van der Waals surface area contributed by atoms with E-state index >= 15 is 0 Å². The van der Waals surface area contributed by atoms with Crippen LogP contribution in [0.3, 0.4) is 0 Å². The van der Waals surface area contributed by atoms with Crippen LogP contribution in [0.25, 0.3) is 0 Å². The molecule has 96 valence electrons. The highest BCUT2D eigenvalue weighted by Gasteiger charge is 2.09. The molecule has 0 atom stereocenters. The molecule has 3 nitrogen and oxygen atoms in total. The van der Waals surface area contributed by atoms with E-state index < -0.39 is 0 Å². The lowest BCUT2D eigenvalue weighted by Gasteiger charge is -2.12. The van der Waals surface area contributed by atoms with Gasteiger partial charge in [0.1, 0.15) is 5.75 Å². The number of hydrogen-bond donors (Lipinski definition) is 0. The minimum Gasteiger partial charge on any atom is -0.493 e. The minimum atomic E-state index is 0.390. The molecule has 0 aromatic heterocycles. The molecule has 2 aromatic carbocycles. The fourth-order valence-corrected chi connectivity index (χ4v) is 1.85. The van der Waals surface area contributed by atoms with Crippen molar-refractivity contribution in [3.05, 3.63) is 52.5 Å². The summed E-state index contributed by atoms with van der Waals surface area (Å²) in [6.45, 7) is 1.97. The summed E-state index contributed by atoms with van der Waals surface area (Å²) in [5.41, 5.74) is 1.57. The number of nitriles is 1. The van der Waals surface area contributed by atoms with Crippen molar-refractivity contribution in [1.29, 1.82) is 5.26 Å². The Morgan fingerprint density at radius 2 is 1.79 bits per heavy atom. The van der Waals surface area contributed by atoms with Crippen molar-refractivity contribution >= 4 is 11.6 Å². The standard InChI is InChI=1S/C15H12ClNO2/c1-10-3-5-14(15(7-10)18-2)19-13-6-4-11(9-17)8-12(13)16/h3-8H,1-2H3. The number of hydrogen-bond acceptors (Lipinski definition) is 3. The summed E-state index contributed by atoms with van der Waals surface area (Å²) in [5.74, 6) is 1.71. The largest absolute Gasteiger partial charge is 0.493 e. The zero-order chi connectivity index (χ0) is 13.8. The third-order valence-corrected chi connectivity index (χ3v) is 2.90. The van der Waals surface area contributed by atoms with Gasteiger partial charge in [-0.15, -0.1) is 0 Å². The SMILES string of the molecule is COc1cc(C)ccc1Oc1ccc(C#N)cc1Cl. The van der Waals surface area contributed by atoms with Gasteiger partial charge in [-0.25, -0.2) is 0 Å². The molecule has 0 heterocycles. The van der Waals surface area contributed by atoms with Crippen molar-refractivity contribution in [3.63, 3.8) is 0 Å². The lowest BCUT2D eigenvalue weighted by molar-refractivity contribution is 0.378. The van der Waals surface area contributed by atoms with E-state index in [1.54, 1.807) is 25.3 Å². The molecular formula is C15H12ClNO2. The summed E-state index contributed by atoms with van der Waals surface area (Å²) in [7, 11) is 1.59. The van der Waals surface area contributed by atoms with Gasteiger partial charge in [-0.3, -0.25) is 0 Å². The maximum Gasteiger partial charge on any atom is 0.169 e. The number of halogens is 1. The molecule has 2 rings (SSSR count). The molecule has 0 aliphatic heterocycles. The van der Waals surface area contributed by atoms with Gasteiger partial charge in [0, 0.05) is 0 Å². The molecule has 0 saturated heterocycles. The van der Waals surface area contributed by atoms with E-state index in [2.05, 4.69) is 0 Å². The quantitative estimate of drug-likeness (QED) is 0.836. The van der Waals surface area contributed by atoms with Gasteiger partial charge < -0.3 is 9.47 Å². The van der Waals surface area contributed by atoms with Gasteiger partial charge in [0.15, 0.2) is 11.5 Å². The number of methoxy groups -OCH3 is 1. The first-order chi connectivity index (χ1) is 9.13. The molecule has 19 heavy (non-hydrogen) atoms. The molecule has 0 bridgehead atoms. The molecule has 0 saturated carbocycles. The normalized spacial score (nSPS) is 9.79. The molecule has 4 heteroatoms. The maximum atomic E-state index is 8.79. The van der Waals surface area contributed by atoms with Crippen LogP contribution in [0.1, 0.15) is 11.1 Å². The highest BCUT2D eigenvalue weighted by molar-refractivity contribution is 6.32. The second-order valence-corrected chi connectivity index (χ2v) is 4.42. The third-order valence-electron chi connectivity index (χ3n) is 2.60. The van der Waals surface area contributed by atoms with E-state index in [4.69, 9.17) is 26.3 Å². The van der Waals surface area contributed by atoms with Gasteiger partial charge >= 0.3 is 0 Å². The molecule has 0 amide bonds. The third kappa shape index (κ3) is 2.98. The summed E-state index contributed by atoms with van der Waals surface area (Å²) in [6, 6.07) is 12.5. The number of nitrogens with zero attached hydrogens (tertiary/aromatic N) is 1. The predicted molar refractivity (Wildman–Crippen MR) is 74.0 cm³/mol. The first-order valence-corrected chi connectivity index (χ1v) is 6.04. The van der Waals surface area contributed by atoms with Gasteiger partial charge in [-0.05, 0) is 42.8 Å². The van der Waals surface area contributed by atoms with Gasteiger partial charge in [0.05, 0.1) is 23.8 Å². The fourth-order valence-electron chi connectivity index (χ4n) is 1.63. The fraction of sp³-hybridized carbons (Fsp3) is 0.133. The number of aryl methyl sites for hydroxylation is 1. The lowest BCUT2D eigenvalue weighted by Crippen LogP contribution is -1.92. The van der Waals surface area contributed by atoms with Crippen molar-refractivity contribution in [2.75, 3.05) is 7.11 Å². The Kier molecular flexibility index (Phi) is 3.94. The van der Waals surface area contributed by atoms with Crippen molar-refractivity contribution in [2.24, 2.45) is 0 Å². The second-order valence-electron chi connectivity index (χ2n) is 4.01. The molecule has 0 N–H and O–H groups in total. The summed E-state index contributed by atoms with van der Waals surface area (Å²) in [6.07, 6.45) is 0. The first kappa shape index (κ1) is 13.3. The van der Waals surface area contributed by atoms with Crippen LogP contribution >= 0.6 is 11.6 Å². The number of benzene rings is 2. The molecule has 2 aromatic rings. The maximum absolute atomic E-state index is 8.79. The van der Waals surface area contributed by atoms with E-state index in [0.29, 0.717) is 27.8 Å². The average Bonchev–Trinajstić information content (AvgIpc) is 2.42. The van der Waals surface area contributed by atoms with Crippen LogP contribution in [0, 0.1) is 18.3 Å². The molecule has 0 fully saturated rings. The van der Waals surface area contributed by atoms with Crippen LogP contribution in [0.15, 0.2) is 36.4 Å². The van der Waals surface area contributed by atoms with Crippen LogP contribution in [-0.2, 0) is 0 Å². The van der Waals surface area contributed by atoms with Crippen molar-refractivity contribution in [1.82, 2.24) is 0 Å². The van der Waals surface area contributed by atoms with Gasteiger partial charge in [-0.2, -0.15) is 5.26 Å². The van der Waals surface area contributed by atoms with Crippen LogP contribution in [0.4, 0.5) is 0 Å². The lowest BCUT2D eigenvalue weighted by atomic mass is 10.2. The van der Waals surface area contributed by atoms with Gasteiger partial charge in [0.25, 0.3) is 0 Å². The topological polar surface area (TPSA) is 42.2 Å². The smallest absolute Gasteiger partial charge is 0.169 e. The van der Waals surface area contributed by atoms with E-state index in [9.17, 15) is 0 Å². The van der Waals surface area contributed by atoms with Crippen LogP contribution in [-0.4, -0.2) is 7.11 Å².